The quantitative estimate of drug-likeness (QED) is 0.864. The van der Waals surface area contributed by atoms with Crippen molar-refractivity contribution in [2.75, 3.05) is 5.32 Å². The molecule has 0 bridgehead atoms. The van der Waals surface area contributed by atoms with Gasteiger partial charge in [0.15, 0.2) is 0 Å². The lowest BCUT2D eigenvalue weighted by atomic mass is 10.2. The molecule has 0 radical (unpaired) electrons. The van der Waals surface area contributed by atoms with Crippen LogP contribution in [-0.4, -0.2) is 12.2 Å². The Morgan fingerprint density at radius 2 is 2.12 bits per heavy atom. The summed E-state index contributed by atoms with van der Waals surface area (Å²) in [6.45, 7) is 0. The van der Waals surface area contributed by atoms with Crippen LogP contribution in [0.1, 0.15) is 20.0 Å². The molecule has 0 aliphatic heterocycles. The van der Waals surface area contributed by atoms with Gasteiger partial charge in [0, 0.05) is 11.3 Å². The van der Waals surface area contributed by atoms with E-state index in [0.29, 0.717) is 20.5 Å². The molecule has 0 fully saturated rings. The van der Waals surface area contributed by atoms with Gasteiger partial charge in [-0.3, -0.25) is 9.59 Å². The molecule has 3 nitrogen and oxygen atoms in total. The zero-order valence-corrected chi connectivity index (χ0v) is 10.2. The summed E-state index contributed by atoms with van der Waals surface area (Å²) in [5.41, 5.74) is 1.11. The second kappa shape index (κ2) is 5.12. The number of hydrogen-bond donors (Lipinski definition) is 1. The molecule has 1 aromatic carbocycles. The van der Waals surface area contributed by atoms with Crippen LogP contribution in [0.25, 0.3) is 0 Å². The number of carbonyl (C=O) groups is 2. The standard InChI is InChI=1S/C12H8ClNO2S/c13-11-5-4-10(17-11)12(16)14-9-3-1-2-8(6-9)7-15/h1-7H,(H,14,16). The first kappa shape index (κ1) is 11.8. The second-order valence-electron chi connectivity index (χ2n) is 3.30. The van der Waals surface area contributed by atoms with Crippen molar-refractivity contribution < 1.29 is 9.59 Å². The molecule has 0 aliphatic rings. The average Bonchev–Trinajstić information content (AvgIpc) is 2.76. The van der Waals surface area contributed by atoms with Crippen molar-refractivity contribution in [2.24, 2.45) is 0 Å². The number of aldehydes is 1. The van der Waals surface area contributed by atoms with Crippen LogP contribution in [0.2, 0.25) is 4.34 Å². The second-order valence-corrected chi connectivity index (χ2v) is 5.02. The van der Waals surface area contributed by atoms with Crippen LogP contribution < -0.4 is 5.32 Å². The Morgan fingerprint density at radius 3 is 2.76 bits per heavy atom. The van der Waals surface area contributed by atoms with E-state index in [1.54, 1.807) is 36.4 Å². The Hall–Kier alpha value is -1.65. The normalized spacial score (nSPS) is 9.94. The first-order valence-corrected chi connectivity index (χ1v) is 6.00. The van der Waals surface area contributed by atoms with Crippen molar-refractivity contribution in [1.82, 2.24) is 0 Å². The van der Waals surface area contributed by atoms with Crippen LogP contribution >= 0.6 is 22.9 Å². The van der Waals surface area contributed by atoms with E-state index in [1.807, 2.05) is 0 Å². The summed E-state index contributed by atoms with van der Waals surface area (Å²) >= 11 is 6.96. The smallest absolute Gasteiger partial charge is 0.265 e. The van der Waals surface area contributed by atoms with E-state index < -0.39 is 0 Å². The third kappa shape index (κ3) is 2.93. The molecule has 0 atom stereocenters. The molecule has 0 spiro atoms. The van der Waals surface area contributed by atoms with Gasteiger partial charge in [0.05, 0.1) is 9.21 Å². The number of benzene rings is 1. The number of amides is 1. The minimum atomic E-state index is -0.232. The van der Waals surface area contributed by atoms with Crippen molar-refractivity contribution in [3.63, 3.8) is 0 Å². The molecule has 86 valence electrons. The molecule has 0 saturated heterocycles. The Morgan fingerprint density at radius 1 is 1.29 bits per heavy atom. The number of nitrogens with one attached hydrogen (secondary N) is 1. The van der Waals surface area contributed by atoms with E-state index in [9.17, 15) is 9.59 Å². The number of anilines is 1. The van der Waals surface area contributed by atoms with Gasteiger partial charge in [-0.2, -0.15) is 0 Å². The third-order valence-corrected chi connectivity index (χ3v) is 3.31. The van der Waals surface area contributed by atoms with E-state index in [-0.39, 0.29) is 5.91 Å². The lowest BCUT2D eigenvalue weighted by molar-refractivity contribution is 0.102. The molecular formula is C12H8ClNO2S. The molecule has 1 aromatic heterocycles. The van der Waals surface area contributed by atoms with Crippen LogP contribution in [0.3, 0.4) is 0 Å². The predicted octanol–water partition coefficient (Wildman–Crippen LogP) is 3.47. The third-order valence-electron chi connectivity index (χ3n) is 2.08. The zero-order chi connectivity index (χ0) is 12.3. The summed E-state index contributed by atoms with van der Waals surface area (Å²) in [5, 5.41) is 2.70. The van der Waals surface area contributed by atoms with Gasteiger partial charge in [0.25, 0.3) is 5.91 Å². The summed E-state index contributed by atoms with van der Waals surface area (Å²) in [4.78, 5) is 22.9. The summed E-state index contributed by atoms with van der Waals surface area (Å²) in [5.74, 6) is -0.232. The molecular weight excluding hydrogens is 258 g/mol. The first-order valence-electron chi connectivity index (χ1n) is 4.81. The lowest BCUT2D eigenvalue weighted by Gasteiger charge is -2.03. The first-order chi connectivity index (χ1) is 8.19. The molecule has 0 unspecified atom stereocenters. The summed E-state index contributed by atoms with van der Waals surface area (Å²) in [6, 6.07) is 10.0. The fourth-order valence-electron chi connectivity index (χ4n) is 1.32. The predicted molar refractivity (Wildman–Crippen MR) is 69.1 cm³/mol. The van der Waals surface area contributed by atoms with Gasteiger partial charge in [-0.05, 0) is 24.3 Å². The van der Waals surface area contributed by atoms with E-state index in [2.05, 4.69) is 5.32 Å². The maximum absolute atomic E-state index is 11.8. The van der Waals surface area contributed by atoms with E-state index >= 15 is 0 Å². The molecule has 2 aromatic rings. The van der Waals surface area contributed by atoms with Crippen LogP contribution in [-0.2, 0) is 0 Å². The fraction of sp³-hybridized carbons (Fsp3) is 0. The molecule has 17 heavy (non-hydrogen) atoms. The van der Waals surface area contributed by atoms with Gasteiger partial charge in [-0.15, -0.1) is 11.3 Å². The zero-order valence-electron chi connectivity index (χ0n) is 8.64. The van der Waals surface area contributed by atoms with Crippen molar-refractivity contribution in [3.8, 4) is 0 Å². The van der Waals surface area contributed by atoms with Gasteiger partial charge in [0.1, 0.15) is 6.29 Å². The monoisotopic (exact) mass is 265 g/mol. The molecule has 0 saturated carbocycles. The minimum absolute atomic E-state index is 0.232. The van der Waals surface area contributed by atoms with Gasteiger partial charge in [-0.1, -0.05) is 23.7 Å². The number of carbonyl (C=O) groups excluding carboxylic acids is 2. The Bertz CT molecular complexity index is 565. The van der Waals surface area contributed by atoms with E-state index in [4.69, 9.17) is 11.6 Å². The highest BCUT2D eigenvalue weighted by atomic mass is 35.5. The van der Waals surface area contributed by atoms with Crippen LogP contribution in [0.5, 0.6) is 0 Å². The summed E-state index contributed by atoms with van der Waals surface area (Å²) in [6.07, 6.45) is 0.734. The highest BCUT2D eigenvalue weighted by Crippen LogP contribution is 2.22. The fourth-order valence-corrected chi connectivity index (χ4v) is 2.26. The number of hydrogen-bond acceptors (Lipinski definition) is 3. The molecule has 2 rings (SSSR count). The maximum atomic E-state index is 11.8. The highest BCUT2D eigenvalue weighted by Gasteiger charge is 2.08. The summed E-state index contributed by atoms with van der Waals surface area (Å²) < 4.78 is 0.566. The number of halogens is 1. The van der Waals surface area contributed by atoms with Crippen molar-refractivity contribution in [2.45, 2.75) is 0 Å². The average molecular weight is 266 g/mol. The SMILES string of the molecule is O=Cc1cccc(NC(=O)c2ccc(Cl)s2)c1. The Kier molecular flexibility index (Phi) is 3.56. The molecule has 1 amide bonds. The largest absolute Gasteiger partial charge is 0.321 e. The van der Waals surface area contributed by atoms with E-state index in [1.165, 1.54) is 11.3 Å². The maximum Gasteiger partial charge on any atom is 0.265 e. The number of thiophene rings is 1. The Labute approximate surface area is 107 Å². The molecule has 1 heterocycles. The van der Waals surface area contributed by atoms with Crippen molar-refractivity contribution in [1.29, 1.82) is 0 Å². The lowest BCUT2D eigenvalue weighted by Crippen LogP contribution is -2.10. The Balaban J connectivity index is 2.15. The van der Waals surface area contributed by atoms with Crippen LogP contribution in [0, 0.1) is 0 Å². The van der Waals surface area contributed by atoms with E-state index in [0.717, 1.165) is 6.29 Å². The molecule has 1 N–H and O–H groups in total. The van der Waals surface area contributed by atoms with Gasteiger partial charge in [-0.25, -0.2) is 0 Å². The van der Waals surface area contributed by atoms with Gasteiger partial charge >= 0.3 is 0 Å². The van der Waals surface area contributed by atoms with Crippen molar-refractivity contribution in [3.05, 3.63) is 51.2 Å². The van der Waals surface area contributed by atoms with Gasteiger partial charge in [0.2, 0.25) is 0 Å². The minimum Gasteiger partial charge on any atom is -0.321 e. The molecule has 0 aliphatic carbocycles. The number of rotatable bonds is 3. The highest BCUT2D eigenvalue weighted by molar-refractivity contribution is 7.18. The van der Waals surface area contributed by atoms with Crippen molar-refractivity contribution >= 4 is 40.8 Å². The molecule has 5 heteroatoms. The summed E-state index contributed by atoms with van der Waals surface area (Å²) in [7, 11) is 0. The van der Waals surface area contributed by atoms with Gasteiger partial charge < -0.3 is 5.32 Å². The topological polar surface area (TPSA) is 46.2 Å². The van der Waals surface area contributed by atoms with Crippen LogP contribution in [0.4, 0.5) is 5.69 Å². The van der Waals surface area contributed by atoms with Crippen LogP contribution in [0.15, 0.2) is 36.4 Å².